The molecular formula is C12H21N5O. The Kier molecular flexibility index (Phi) is 4.55. The molecule has 6 heteroatoms. The molecule has 0 saturated heterocycles. The van der Waals surface area contributed by atoms with Crippen molar-refractivity contribution in [3.63, 3.8) is 0 Å². The molecule has 0 aromatic carbocycles. The predicted octanol–water partition coefficient (Wildman–Crippen LogP) is 1.91. The number of methoxy groups -OCH3 is 1. The highest BCUT2D eigenvalue weighted by atomic mass is 16.5. The van der Waals surface area contributed by atoms with E-state index in [0.717, 1.165) is 25.4 Å². The molecule has 1 aromatic rings. The number of nitrogens with zero attached hydrogens (tertiary/aromatic N) is 3. The van der Waals surface area contributed by atoms with E-state index in [1.165, 1.54) is 19.3 Å². The predicted molar refractivity (Wildman–Crippen MR) is 71.0 cm³/mol. The zero-order chi connectivity index (χ0) is 12.8. The van der Waals surface area contributed by atoms with Crippen molar-refractivity contribution in [3.05, 3.63) is 0 Å². The van der Waals surface area contributed by atoms with Gasteiger partial charge in [-0.15, -0.1) is 0 Å². The van der Waals surface area contributed by atoms with Crippen molar-refractivity contribution in [2.75, 3.05) is 30.8 Å². The van der Waals surface area contributed by atoms with Gasteiger partial charge in [0.1, 0.15) is 0 Å². The van der Waals surface area contributed by atoms with Gasteiger partial charge in [0.25, 0.3) is 0 Å². The zero-order valence-corrected chi connectivity index (χ0v) is 11.1. The van der Waals surface area contributed by atoms with Crippen molar-refractivity contribution in [1.29, 1.82) is 0 Å². The van der Waals surface area contributed by atoms with Crippen LogP contribution in [0.5, 0.6) is 6.01 Å². The summed E-state index contributed by atoms with van der Waals surface area (Å²) in [5.74, 6) is 2.10. The highest BCUT2D eigenvalue weighted by Gasteiger charge is 2.20. The van der Waals surface area contributed by atoms with E-state index < -0.39 is 0 Å². The van der Waals surface area contributed by atoms with Crippen LogP contribution in [0.1, 0.15) is 32.6 Å². The summed E-state index contributed by atoms with van der Waals surface area (Å²) in [6.07, 6.45) is 5.28. The standard InChI is InChI=1S/C12H21N5O/c1-3-13-10-15-11(17-12(16-10)18-2)14-8-4-5-9-6-7-9/h9H,3-8H2,1-2H3,(H2,13,14,15,16,17). The van der Waals surface area contributed by atoms with Crippen LogP contribution in [0.2, 0.25) is 0 Å². The Bertz CT molecular complexity index is 381. The quantitative estimate of drug-likeness (QED) is 0.688. The van der Waals surface area contributed by atoms with E-state index in [-0.39, 0.29) is 0 Å². The number of aromatic nitrogens is 3. The lowest BCUT2D eigenvalue weighted by Gasteiger charge is -2.08. The highest BCUT2D eigenvalue weighted by molar-refractivity contribution is 5.35. The second-order valence-electron chi connectivity index (χ2n) is 4.51. The fraction of sp³-hybridized carbons (Fsp3) is 0.750. The molecule has 0 amide bonds. The van der Waals surface area contributed by atoms with Gasteiger partial charge in [-0.2, -0.15) is 15.0 Å². The summed E-state index contributed by atoms with van der Waals surface area (Å²) in [6.45, 7) is 3.67. The molecule has 0 radical (unpaired) electrons. The topological polar surface area (TPSA) is 72.0 Å². The fourth-order valence-corrected chi connectivity index (χ4v) is 1.76. The van der Waals surface area contributed by atoms with E-state index in [4.69, 9.17) is 4.74 Å². The van der Waals surface area contributed by atoms with Gasteiger partial charge < -0.3 is 15.4 Å². The molecule has 1 aromatic heterocycles. The normalized spacial score (nSPS) is 14.3. The van der Waals surface area contributed by atoms with E-state index in [1.54, 1.807) is 7.11 Å². The second-order valence-corrected chi connectivity index (χ2v) is 4.51. The van der Waals surface area contributed by atoms with E-state index in [9.17, 15) is 0 Å². The number of hydrogen-bond donors (Lipinski definition) is 2. The molecule has 0 aliphatic heterocycles. The zero-order valence-electron chi connectivity index (χ0n) is 11.1. The molecule has 1 saturated carbocycles. The third kappa shape index (κ3) is 4.01. The Balaban J connectivity index is 1.85. The fourth-order valence-electron chi connectivity index (χ4n) is 1.76. The molecule has 18 heavy (non-hydrogen) atoms. The molecule has 2 rings (SSSR count). The molecule has 1 fully saturated rings. The monoisotopic (exact) mass is 251 g/mol. The minimum Gasteiger partial charge on any atom is -0.467 e. The number of hydrogen-bond acceptors (Lipinski definition) is 6. The molecule has 0 unspecified atom stereocenters. The summed E-state index contributed by atoms with van der Waals surface area (Å²) < 4.78 is 5.05. The van der Waals surface area contributed by atoms with Crippen LogP contribution in [0, 0.1) is 5.92 Å². The van der Waals surface area contributed by atoms with Crippen molar-refractivity contribution in [2.24, 2.45) is 5.92 Å². The SMILES string of the molecule is CCNc1nc(NCCCC2CC2)nc(OC)n1. The summed E-state index contributed by atoms with van der Waals surface area (Å²) >= 11 is 0. The van der Waals surface area contributed by atoms with Gasteiger partial charge in [0.05, 0.1) is 7.11 Å². The molecule has 1 heterocycles. The van der Waals surface area contributed by atoms with Gasteiger partial charge in [0.2, 0.25) is 11.9 Å². The number of ether oxygens (including phenoxy) is 1. The molecule has 0 spiro atoms. The average Bonchev–Trinajstić information content (AvgIpc) is 3.19. The Hall–Kier alpha value is -1.59. The maximum atomic E-state index is 5.05. The Labute approximate surface area is 108 Å². The minimum absolute atomic E-state index is 0.339. The van der Waals surface area contributed by atoms with Crippen LogP contribution in [0.15, 0.2) is 0 Å². The van der Waals surface area contributed by atoms with E-state index in [1.807, 2.05) is 6.92 Å². The summed E-state index contributed by atoms with van der Waals surface area (Å²) in [5, 5.41) is 6.28. The lowest BCUT2D eigenvalue weighted by atomic mass is 10.2. The van der Waals surface area contributed by atoms with Gasteiger partial charge in [-0.05, 0) is 25.7 Å². The van der Waals surface area contributed by atoms with Crippen LogP contribution in [-0.4, -0.2) is 35.2 Å². The molecule has 0 bridgehead atoms. The molecule has 1 aliphatic carbocycles. The van der Waals surface area contributed by atoms with Crippen LogP contribution >= 0.6 is 0 Å². The first-order valence-electron chi connectivity index (χ1n) is 6.59. The maximum absolute atomic E-state index is 5.05. The Morgan fingerprint density at radius 3 is 2.50 bits per heavy atom. The molecule has 100 valence electrons. The van der Waals surface area contributed by atoms with Crippen LogP contribution in [0.3, 0.4) is 0 Å². The van der Waals surface area contributed by atoms with Crippen molar-refractivity contribution in [1.82, 2.24) is 15.0 Å². The largest absolute Gasteiger partial charge is 0.467 e. The first-order chi connectivity index (χ1) is 8.81. The van der Waals surface area contributed by atoms with E-state index in [0.29, 0.717) is 17.9 Å². The average molecular weight is 251 g/mol. The van der Waals surface area contributed by atoms with Gasteiger partial charge in [-0.3, -0.25) is 0 Å². The minimum atomic E-state index is 0.339. The maximum Gasteiger partial charge on any atom is 0.322 e. The van der Waals surface area contributed by atoms with Crippen LogP contribution in [0.4, 0.5) is 11.9 Å². The summed E-state index contributed by atoms with van der Waals surface area (Å²) in [7, 11) is 1.56. The van der Waals surface area contributed by atoms with Gasteiger partial charge in [0, 0.05) is 13.1 Å². The first-order valence-corrected chi connectivity index (χ1v) is 6.59. The molecule has 6 nitrogen and oxygen atoms in total. The lowest BCUT2D eigenvalue weighted by molar-refractivity contribution is 0.379. The second kappa shape index (κ2) is 6.37. The summed E-state index contributed by atoms with van der Waals surface area (Å²) in [6, 6.07) is 0.339. The van der Waals surface area contributed by atoms with Crippen LogP contribution < -0.4 is 15.4 Å². The number of nitrogens with one attached hydrogen (secondary N) is 2. The van der Waals surface area contributed by atoms with Gasteiger partial charge in [-0.25, -0.2) is 0 Å². The third-order valence-electron chi connectivity index (χ3n) is 2.90. The Morgan fingerprint density at radius 2 is 1.89 bits per heavy atom. The Morgan fingerprint density at radius 1 is 1.17 bits per heavy atom. The summed E-state index contributed by atoms with van der Waals surface area (Å²) in [4.78, 5) is 12.6. The van der Waals surface area contributed by atoms with E-state index >= 15 is 0 Å². The molecule has 2 N–H and O–H groups in total. The third-order valence-corrected chi connectivity index (χ3v) is 2.90. The van der Waals surface area contributed by atoms with Gasteiger partial charge >= 0.3 is 6.01 Å². The van der Waals surface area contributed by atoms with Crippen LogP contribution in [-0.2, 0) is 0 Å². The highest BCUT2D eigenvalue weighted by Crippen LogP contribution is 2.33. The van der Waals surface area contributed by atoms with Crippen molar-refractivity contribution in [2.45, 2.75) is 32.6 Å². The molecule has 0 atom stereocenters. The molecule has 1 aliphatic rings. The molecular weight excluding hydrogens is 230 g/mol. The van der Waals surface area contributed by atoms with Gasteiger partial charge in [-0.1, -0.05) is 12.8 Å². The van der Waals surface area contributed by atoms with Crippen molar-refractivity contribution in [3.8, 4) is 6.01 Å². The first kappa shape index (κ1) is 12.9. The summed E-state index contributed by atoms with van der Waals surface area (Å²) in [5.41, 5.74) is 0. The van der Waals surface area contributed by atoms with Crippen molar-refractivity contribution < 1.29 is 4.74 Å². The van der Waals surface area contributed by atoms with Crippen LogP contribution in [0.25, 0.3) is 0 Å². The number of rotatable bonds is 8. The smallest absolute Gasteiger partial charge is 0.322 e. The number of anilines is 2. The van der Waals surface area contributed by atoms with Gasteiger partial charge in [0.15, 0.2) is 0 Å². The lowest BCUT2D eigenvalue weighted by Crippen LogP contribution is -2.10. The van der Waals surface area contributed by atoms with Crippen molar-refractivity contribution >= 4 is 11.9 Å². The van der Waals surface area contributed by atoms with E-state index in [2.05, 4.69) is 25.6 Å².